The number of hydrazone groups is 1. The zero-order valence-corrected chi connectivity index (χ0v) is 15.5. The zero-order valence-electron chi connectivity index (χ0n) is 15.5. The molecule has 0 radical (unpaired) electrons. The van der Waals surface area contributed by atoms with Crippen LogP contribution in [0.25, 0.3) is 0 Å². The third kappa shape index (κ3) is 5.96. The van der Waals surface area contributed by atoms with Gasteiger partial charge in [0.05, 0.1) is 7.11 Å². The summed E-state index contributed by atoms with van der Waals surface area (Å²) in [5.41, 5.74) is 1.61. The molecule has 1 aliphatic rings. The van der Waals surface area contributed by atoms with Crippen LogP contribution in [0.4, 0.5) is 0 Å². The predicted octanol–water partition coefficient (Wildman–Crippen LogP) is 3.29. The van der Waals surface area contributed by atoms with Crippen molar-refractivity contribution < 1.29 is 4.74 Å². The Morgan fingerprint density at radius 3 is 2.68 bits per heavy atom. The number of ether oxygens (including phenoxy) is 1. The number of nitrogens with one attached hydrogen (secondary N) is 1. The van der Waals surface area contributed by atoms with Crippen LogP contribution in [0.3, 0.4) is 0 Å². The third-order valence-corrected chi connectivity index (χ3v) is 3.31. The fourth-order valence-electron chi connectivity index (χ4n) is 2.20. The first kappa shape index (κ1) is 20.2. The minimum Gasteiger partial charge on any atom is -0.480 e. The molecule has 0 fully saturated rings. The quantitative estimate of drug-likeness (QED) is 0.806. The summed E-state index contributed by atoms with van der Waals surface area (Å²) in [5.74, 6) is 0.984. The zero-order chi connectivity index (χ0) is 18.5. The van der Waals surface area contributed by atoms with Crippen molar-refractivity contribution in [2.24, 2.45) is 10.1 Å². The molecule has 0 saturated carbocycles. The molecule has 0 aliphatic carbocycles. The van der Waals surface area contributed by atoms with Crippen LogP contribution in [0.5, 0.6) is 0 Å². The van der Waals surface area contributed by atoms with E-state index in [4.69, 9.17) is 4.74 Å². The number of hydrogen-bond acceptors (Lipinski definition) is 6. The maximum absolute atomic E-state index is 9.44. The van der Waals surface area contributed by atoms with Crippen molar-refractivity contribution >= 4 is 12.1 Å². The standard InChI is InChI=1S/C17H21N5O.C2H6/c1-3-10-21-22-13-20-17(23-2)15(12-18)16(22)19-11-9-14-7-5-4-6-8-14;1-2/h4-8,10,19H,3,9,11,13H2,1-2H3;1-2H3/b21-10-;. The monoisotopic (exact) mass is 341 g/mol. The number of nitriles is 1. The lowest BCUT2D eigenvalue weighted by Gasteiger charge is -2.26. The lowest BCUT2D eigenvalue weighted by molar-refractivity contribution is 0.320. The van der Waals surface area contributed by atoms with Crippen molar-refractivity contribution in [2.75, 3.05) is 20.3 Å². The highest BCUT2D eigenvalue weighted by atomic mass is 16.5. The van der Waals surface area contributed by atoms with Gasteiger partial charge in [-0.25, -0.2) is 10.0 Å². The molecule has 134 valence electrons. The number of rotatable bonds is 6. The molecule has 0 spiro atoms. The van der Waals surface area contributed by atoms with Crippen molar-refractivity contribution in [2.45, 2.75) is 33.6 Å². The van der Waals surface area contributed by atoms with Crippen molar-refractivity contribution in [3.8, 4) is 6.07 Å². The molecule has 25 heavy (non-hydrogen) atoms. The molecule has 1 aromatic rings. The van der Waals surface area contributed by atoms with Crippen LogP contribution in [-0.2, 0) is 11.2 Å². The maximum atomic E-state index is 9.44. The van der Waals surface area contributed by atoms with Gasteiger partial charge >= 0.3 is 0 Å². The van der Waals surface area contributed by atoms with Gasteiger partial charge in [-0.2, -0.15) is 10.4 Å². The van der Waals surface area contributed by atoms with Gasteiger partial charge in [-0.3, -0.25) is 0 Å². The number of nitrogens with zero attached hydrogens (tertiary/aromatic N) is 4. The molecule has 0 atom stereocenters. The predicted molar refractivity (Wildman–Crippen MR) is 102 cm³/mol. The molecule has 0 amide bonds. The van der Waals surface area contributed by atoms with Gasteiger partial charge in [-0.05, 0) is 18.4 Å². The summed E-state index contributed by atoms with van der Waals surface area (Å²) in [5, 5.41) is 18.8. The van der Waals surface area contributed by atoms with Gasteiger partial charge < -0.3 is 10.1 Å². The van der Waals surface area contributed by atoms with Gasteiger partial charge in [-0.1, -0.05) is 51.1 Å². The van der Waals surface area contributed by atoms with Gasteiger partial charge in [-0.15, -0.1) is 0 Å². The molecule has 0 unspecified atom stereocenters. The van der Waals surface area contributed by atoms with Crippen LogP contribution in [0.15, 0.2) is 51.8 Å². The van der Waals surface area contributed by atoms with E-state index in [9.17, 15) is 5.26 Å². The molecule has 1 N–H and O–H groups in total. The molecule has 6 nitrogen and oxygen atoms in total. The number of hydrogen-bond donors (Lipinski definition) is 1. The summed E-state index contributed by atoms with van der Waals surface area (Å²) in [7, 11) is 1.52. The Morgan fingerprint density at radius 1 is 1.36 bits per heavy atom. The molecule has 1 aliphatic heterocycles. The van der Waals surface area contributed by atoms with E-state index in [-0.39, 0.29) is 0 Å². The first-order valence-electron chi connectivity index (χ1n) is 8.61. The number of aliphatic imine (C=N–C) groups is 1. The second-order valence-corrected chi connectivity index (χ2v) is 4.91. The highest BCUT2D eigenvalue weighted by molar-refractivity contribution is 5.98. The number of methoxy groups -OCH3 is 1. The largest absolute Gasteiger partial charge is 0.480 e. The molecular formula is C19H27N5O. The van der Waals surface area contributed by atoms with Crippen LogP contribution in [0, 0.1) is 11.3 Å². The van der Waals surface area contributed by atoms with Crippen molar-refractivity contribution in [1.29, 1.82) is 5.26 Å². The highest BCUT2D eigenvalue weighted by Crippen LogP contribution is 2.16. The molecule has 1 heterocycles. The molecule has 0 aromatic heterocycles. The summed E-state index contributed by atoms with van der Waals surface area (Å²) in [6.07, 6.45) is 3.46. The van der Waals surface area contributed by atoms with E-state index in [2.05, 4.69) is 33.6 Å². The van der Waals surface area contributed by atoms with Crippen LogP contribution < -0.4 is 5.32 Å². The average Bonchev–Trinajstić information content (AvgIpc) is 2.68. The fourth-order valence-corrected chi connectivity index (χ4v) is 2.20. The normalized spacial score (nSPS) is 13.7. The Kier molecular flexibility index (Phi) is 9.46. The molecule has 1 aromatic carbocycles. The summed E-state index contributed by atoms with van der Waals surface area (Å²) in [6.45, 7) is 7.03. The van der Waals surface area contributed by atoms with Gasteiger partial charge in [0.25, 0.3) is 0 Å². The van der Waals surface area contributed by atoms with E-state index in [0.717, 1.165) is 12.8 Å². The van der Waals surface area contributed by atoms with Crippen LogP contribution >= 0.6 is 0 Å². The lowest BCUT2D eigenvalue weighted by Crippen LogP contribution is -2.36. The Labute approximate surface area is 150 Å². The summed E-state index contributed by atoms with van der Waals surface area (Å²) < 4.78 is 5.19. The van der Waals surface area contributed by atoms with Gasteiger partial charge in [0.15, 0.2) is 5.57 Å². The van der Waals surface area contributed by atoms with Gasteiger partial charge in [0.1, 0.15) is 18.6 Å². The van der Waals surface area contributed by atoms with E-state index in [1.165, 1.54) is 12.7 Å². The molecule has 6 heteroatoms. The topological polar surface area (TPSA) is 73.0 Å². The smallest absolute Gasteiger partial charge is 0.232 e. The Morgan fingerprint density at radius 2 is 2.08 bits per heavy atom. The van der Waals surface area contributed by atoms with E-state index in [1.807, 2.05) is 39.0 Å². The Hall–Kier alpha value is -2.81. The molecule has 0 bridgehead atoms. The molecular weight excluding hydrogens is 314 g/mol. The Balaban J connectivity index is 0.00000151. The average molecular weight is 341 g/mol. The van der Waals surface area contributed by atoms with Crippen molar-refractivity contribution in [3.63, 3.8) is 0 Å². The minimum absolute atomic E-state index is 0.332. The summed E-state index contributed by atoms with van der Waals surface area (Å²) in [4.78, 5) is 4.24. The highest BCUT2D eigenvalue weighted by Gasteiger charge is 2.23. The van der Waals surface area contributed by atoms with E-state index in [0.29, 0.717) is 30.5 Å². The van der Waals surface area contributed by atoms with Crippen molar-refractivity contribution in [3.05, 3.63) is 47.3 Å². The third-order valence-electron chi connectivity index (χ3n) is 3.31. The van der Waals surface area contributed by atoms with E-state index >= 15 is 0 Å². The fraction of sp³-hybridized carbons (Fsp3) is 0.421. The van der Waals surface area contributed by atoms with Gasteiger partial charge in [0.2, 0.25) is 5.90 Å². The van der Waals surface area contributed by atoms with E-state index in [1.54, 1.807) is 11.2 Å². The van der Waals surface area contributed by atoms with Gasteiger partial charge in [0, 0.05) is 12.8 Å². The van der Waals surface area contributed by atoms with Crippen LogP contribution in [-0.4, -0.2) is 37.4 Å². The van der Waals surface area contributed by atoms with E-state index < -0.39 is 0 Å². The minimum atomic E-state index is 0.332. The maximum Gasteiger partial charge on any atom is 0.232 e. The molecule has 0 saturated heterocycles. The van der Waals surface area contributed by atoms with Crippen molar-refractivity contribution in [1.82, 2.24) is 10.3 Å². The summed E-state index contributed by atoms with van der Waals surface area (Å²) >= 11 is 0. The first-order valence-corrected chi connectivity index (χ1v) is 8.61. The first-order chi connectivity index (χ1) is 12.3. The second kappa shape index (κ2) is 11.7. The molecule has 2 rings (SSSR count). The SMILES string of the molecule is CC.CC/C=N\N1CN=C(OC)C(C#N)=C1NCCc1ccccc1. The lowest BCUT2D eigenvalue weighted by atomic mass is 10.1. The van der Waals surface area contributed by atoms with Crippen LogP contribution in [0.2, 0.25) is 0 Å². The van der Waals surface area contributed by atoms with Crippen LogP contribution in [0.1, 0.15) is 32.8 Å². The number of benzene rings is 1. The summed E-state index contributed by atoms with van der Waals surface area (Å²) in [6, 6.07) is 12.3. The second-order valence-electron chi connectivity index (χ2n) is 4.91. The Bertz CT molecular complexity index is 644.